The van der Waals surface area contributed by atoms with Crippen LogP contribution in [0.3, 0.4) is 0 Å². The van der Waals surface area contributed by atoms with Gasteiger partial charge in [0.05, 0.1) is 6.10 Å². The van der Waals surface area contributed by atoms with Crippen molar-refractivity contribution in [1.29, 1.82) is 0 Å². The number of nitrogens with two attached hydrogens (primary N) is 1. The minimum atomic E-state index is 0.242. The molecule has 0 aromatic rings. The number of ether oxygens (including phenoxy) is 1. The van der Waals surface area contributed by atoms with Crippen LogP contribution in [-0.4, -0.2) is 19.3 Å². The molecule has 0 aromatic carbocycles. The quantitative estimate of drug-likeness (QED) is 0.686. The molecule has 0 aliphatic heterocycles. The van der Waals surface area contributed by atoms with Gasteiger partial charge in [-0.05, 0) is 19.3 Å². The largest absolute Gasteiger partial charge is 0.377 e. The molecule has 2 heteroatoms. The van der Waals surface area contributed by atoms with Gasteiger partial charge < -0.3 is 10.5 Å². The molecule has 0 amide bonds. The van der Waals surface area contributed by atoms with Gasteiger partial charge in [-0.2, -0.15) is 0 Å². The van der Waals surface area contributed by atoms with Gasteiger partial charge in [-0.15, -0.1) is 0 Å². The molecule has 1 aliphatic carbocycles. The molecule has 12 heavy (non-hydrogen) atoms. The Morgan fingerprint density at radius 3 is 2.67 bits per heavy atom. The first-order chi connectivity index (χ1) is 5.83. The lowest BCUT2D eigenvalue weighted by Gasteiger charge is -2.12. The van der Waals surface area contributed by atoms with E-state index in [1.807, 2.05) is 6.92 Å². The Hall–Kier alpha value is -0.0800. The molecule has 0 bridgehead atoms. The highest BCUT2D eigenvalue weighted by Crippen LogP contribution is 2.27. The van der Waals surface area contributed by atoms with Crippen molar-refractivity contribution in [3.8, 4) is 0 Å². The van der Waals surface area contributed by atoms with Crippen molar-refractivity contribution in [2.75, 3.05) is 13.2 Å². The van der Waals surface area contributed by atoms with E-state index < -0.39 is 0 Å². The summed E-state index contributed by atoms with van der Waals surface area (Å²) in [6.45, 7) is 3.59. The summed E-state index contributed by atoms with van der Waals surface area (Å²) in [6, 6.07) is 0. The fourth-order valence-electron chi connectivity index (χ4n) is 1.80. The maximum absolute atomic E-state index is 5.53. The first-order valence-electron chi connectivity index (χ1n) is 5.14. The second-order valence-electron chi connectivity index (χ2n) is 3.86. The molecular weight excluding hydrogens is 150 g/mol. The molecule has 1 saturated carbocycles. The molecule has 0 saturated heterocycles. The SMILES string of the molecule is CC(CN)OCCC1CCCC1. The summed E-state index contributed by atoms with van der Waals surface area (Å²) in [5.74, 6) is 0.940. The molecule has 0 spiro atoms. The zero-order valence-corrected chi connectivity index (χ0v) is 8.09. The minimum absolute atomic E-state index is 0.242. The van der Waals surface area contributed by atoms with Gasteiger partial charge >= 0.3 is 0 Å². The van der Waals surface area contributed by atoms with Crippen LogP contribution < -0.4 is 5.73 Å². The maximum atomic E-state index is 5.53. The Bertz CT molecular complexity index is 110. The van der Waals surface area contributed by atoms with Gasteiger partial charge in [0, 0.05) is 13.2 Å². The van der Waals surface area contributed by atoms with Crippen molar-refractivity contribution in [1.82, 2.24) is 0 Å². The molecule has 1 unspecified atom stereocenters. The third kappa shape index (κ3) is 3.55. The molecule has 1 aliphatic rings. The zero-order chi connectivity index (χ0) is 8.81. The average molecular weight is 171 g/mol. The Kier molecular flexibility index (Phi) is 4.62. The average Bonchev–Trinajstić information content (AvgIpc) is 2.57. The van der Waals surface area contributed by atoms with E-state index in [4.69, 9.17) is 10.5 Å². The Labute approximate surface area is 75.5 Å². The highest BCUT2D eigenvalue weighted by molar-refractivity contribution is 4.66. The van der Waals surface area contributed by atoms with Gasteiger partial charge in [-0.3, -0.25) is 0 Å². The molecule has 2 nitrogen and oxygen atoms in total. The third-order valence-corrected chi connectivity index (χ3v) is 2.74. The van der Waals surface area contributed by atoms with Gasteiger partial charge in [-0.25, -0.2) is 0 Å². The fraction of sp³-hybridized carbons (Fsp3) is 1.00. The molecule has 72 valence electrons. The molecule has 1 rings (SSSR count). The van der Waals surface area contributed by atoms with Crippen LogP contribution in [-0.2, 0) is 4.74 Å². The van der Waals surface area contributed by atoms with E-state index in [-0.39, 0.29) is 6.10 Å². The van der Waals surface area contributed by atoms with Crippen molar-refractivity contribution in [2.45, 2.75) is 45.1 Å². The summed E-state index contributed by atoms with van der Waals surface area (Å²) in [7, 11) is 0. The molecule has 1 fully saturated rings. The van der Waals surface area contributed by atoms with E-state index in [9.17, 15) is 0 Å². The first kappa shape index (κ1) is 10.0. The van der Waals surface area contributed by atoms with E-state index in [0.717, 1.165) is 12.5 Å². The van der Waals surface area contributed by atoms with Crippen molar-refractivity contribution in [2.24, 2.45) is 11.7 Å². The molecule has 2 N–H and O–H groups in total. The molecule has 0 radical (unpaired) electrons. The monoisotopic (exact) mass is 171 g/mol. The summed E-state index contributed by atoms with van der Waals surface area (Å²) < 4.78 is 5.53. The van der Waals surface area contributed by atoms with Gasteiger partial charge in [-0.1, -0.05) is 25.7 Å². The minimum Gasteiger partial charge on any atom is -0.377 e. The molecule has 0 aromatic heterocycles. The van der Waals surface area contributed by atoms with E-state index >= 15 is 0 Å². The number of rotatable bonds is 5. The fourth-order valence-corrected chi connectivity index (χ4v) is 1.80. The Morgan fingerprint density at radius 1 is 1.42 bits per heavy atom. The summed E-state index contributed by atoms with van der Waals surface area (Å²) >= 11 is 0. The van der Waals surface area contributed by atoms with Crippen LogP contribution >= 0.6 is 0 Å². The maximum Gasteiger partial charge on any atom is 0.0669 e. The summed E-state index contributed by atoms with van der Waals surface area (Å²) in [4.78, 5) is 0. The second kappa shape index (κ2) is 5.55. The van der Waals surface area contributed by atoms with Crippen LogP contribution in [0.4, 0.5) is 0 Å². The van der Waals surface area contributed by atoms with E-state index in [2.05, 4.69) is 0 Å². The lowest BCUT2D eigenvalue weighted by Crippen LogP contribution is -2.21. The van der Waals surface area contributed by atoms with E-state index in [0.29, 0.717) is 6.54 Å². The van der Waals surface area contributed by atoms with Crippen molar-refractivity contribution < 1.29 is 4.74 Å². The van der Waals surface area contributed by atoms with E-state index in [1.54, 1.807) is 0 Å². The van der Waals surface area contributed by atoms with Gasteiger partial charge in [0.1, 0.15) is 0 Å². The molecule has 0 heterocycles. The zero-order valence-electron chi connectivity index (χ0n) is 8.09. The lowest BCUT2D eigenvalue weighted by molar-refractivity contribution is 0.0624. The number of hydrogen-bond acceptors (Lipinski definition) is 2. The van der Waals surface area contributed by atoms with Crippen LogP contribution in [0.2, 0.25) is 0 Å². The van der Waals surface area contributed by atoms with Crippen LogP contribution in [0, 0.1) is 5.92 Å². The van der Waals surface area contributed by atoms with E-state index in [1.165, 1.54) is 32.1 Å². The predicted molar refractivity (Wildman–Crippen MR) is 51.0 cm³/mol. The summed E-state index contributed by atoms with van der Waals surface area (Å²) in [5.41, 5.74) is 5.44. The predicted octanol–water partition coefficient (Wildman–Crippen LogP) is 1.93. The van der Waals surface area contributed by atoms with Gasteiger partial charge in [0.2, 0.25) is 0 Å². The standard InChI is InChI=1S/C10H21NO/c1-9(8-11)12-7-6-10-4-2-3-5-10/h9-10H,2-8,11H2,1H3. The van der Waals surface area contributed by atoms with Crippen LogP contribution in [0.5, 0.6) is 0 Å². The van der Waals surface area contributed by atoms with Crippen molar-refractivity contribution in [3.05, 3.63) is 0 Å². The summed E-state index contributed by atoms with van der Waals surface area (Å²) in [6.07, 6.45) is 7.17. The van der Waals surface area contributed by atoms with Crippen LogP contribution in [0.15, 0.2) is 0 Å². The second-order valence-corrected chi connectivity index (χ2v) is 3.86. The van der Waals surface area contributed by atoms with Gasteiger partial charge in [0.25, 0.3) is 0 Å². The van der Waals surface area contributed by atoms with Crippen molar-refractivity contribution >= 4 is 0 Å². The van der Waals surface area contributed by atoms with Crippen molar-refractivity contribution in [3.63, 3.8) is 0 Å². The molecule has 1 atom stereocenters. The third-order valence-electron chi connectivity index (χ3n) is 2.74. The van der Waals surface area contributed by atoms with Gasteiger partial charge in [0.15, 0.2) is 0 Å². The highest BCUT2D eigenvalue weighted by atomic mass is 16.5. The topological polar surface area (TPSA) is 35.2 Å². The number of hydrogen-bond donors (Lipinski definition) is 1. The Balaban J connectivity index is 1.94. The Morgan fingerprint density at radius 2 is 2.08 bits per heavy atom. The lowest BCUT2D eigenvalue weighted by atomic mass is 10.1. The summed E-state index contributed by atoms with van der Waals surface area (Å²) in [5, 5.41) is 0. The van der Waals surface area contributed by atoms with Crippen LogP contribution in [0.1, 0.15) is 39.0 Å². The smallest absolute Gasteiger partial charge is 0.0669 e. The molecular formula is C10H21NO. The van der Waals surface area contributed by atoms with Crippen LogP contribution in [0.25, 0.3) is 0 Å². The first-order valence-corrected chi connectivity index (χ1v) is 5.14. The highest BCUT2D eigenvalue weighted by Gasteiger charge is 2.14. The normalized spacial score (nSPS) is 21.5.